The Kier molecular flexibility index (Phi) is 6.60. The van der Waals surface area contributed by atoms with Gasteiger partial charge in [0.25, 0.3) is 0 Å². The van der Waals surface area contributed by atoms with Crippen LogP contribution in [0.4, 0.5) is 11.5 Å². The van der Waals surface area contributed by atoms with Crippen molar-refractivity contribution in [3.05, 3.63) is 50.6 Å². The van der Waals surface area contributed by atoms with Crippen molar-refractivity contribution in [2.24, 2.45) is 0 Å². The van der Waals surface area contributed by atoms with Crippen LogP contribution in [-0.2, 0) is 20.9 Å². The maximum absolute atomic E-state index is 12.1. The molecule has 162 valence electrons. The van der Waals surface area contributed by atoms with Crippen LogP contribution in [0.1, 0.15) is 28.0 Å². The smallest absolute Gasteiger partial charge is 0.348 e. The zero-order chi connectivity index (χ0) is 22.5. The van der Waals surface area contributed by atoms with E-state index >= 15 is 0 Å². The predicted octanol–water partition coefficient (Wildman–Crippen LogP) is 2.79. The van der Waals surface area contributed by atoms with E-state index in [0.29, 0.717) is 20.7 Å². The van der Waals surface area contributed by atoms with Gasteiger partial charge >= 0.3 is 17.6 Å². The molecule has 0 bridgehead atoms. The molecule has 0 spiro atoms. The number of nitrogens with two attached hydrogens (primary N) is 1. The van der Waals surface area contributed by atoms with E-state index in [1.165, 1.54) is 18.2 Å². The highest BCUT2D eigenvalue weighted by atomic mass is 32.1. The summed E-state index contributed by atoms with van der Waals surface area (Å²) in [6.45, 7) is 2.85. The molecule has 3 aromatic rings. The van der Waals surface area contributed by atoms with Crippen molar-refractivity contribution in [3.8, 4) is 5.75 Å². The number of fused-ring (bicyclic) bond motifs is 1. The SMILES string of the molecule is CCOC(=O)c1sc2nc(COC(=O)COc3ccccc3[N+](=O)[O-])nc(N)c2c1C. The Morgan fingerprint density at radius 2 is 1.97 bits per heavy atom. The van der Waals surface area contributed by atoms with Gasteiger partial charge in [-0.25, -0.2) is 19.6 Å². The van der Waals surface area contributed by atoms with E-state index in [1.807, 2.05) is 0 Å². The van der Waals surface area contributed by atoms with Gasteiger partial charge in [0.2, 0.25) is 0 Å². The Bertz CT molecular complexity index is 1160. The fourth-order valence-corrected chi connectivity index (χ4v) is 3.83. The second kappa shape index (κ2) is 9.34. The number of hydrogen-bond donors (Lipinski definition) is 1. The van der Waals surface area contributed by atoms with E-state index in [4.69, 9.17) is 19.9 Å². The lowest BCUT2D eigenvalue weighted by molar-refractivity contribution is -0.385. The number of ether oxygens (including phenoxy) is 3. The summed E-state index contributed by atoms with van der Waals surface area (Å²) in [4.78, 5) is 43.7. The Hall–Kier alpha value is -3.80. The number of aromatic nitrogens is 2. The molecule has 0 atom stereocenters. The van der Waals surface area contributed by atoms with Crippen molar-refractivity contribution in [2.45, 2.75) is 20.5 Å². The van der Waals surface area contributed by atoms with Gasteiger partial charge in [-0.05, 0) is 25.5 Å². The Labute approximate surface area is 179 Å². The quantitative estimate of drug-likeness (QED) is 0.310. The van der Waals surface area contributed by atoms with Gasteiger partial charge in [-0.1, -0.05) is 12.1 Å². The molecule has 0 amide bonds. The van der Waals surface area contributed by atoms with Crippen LogP contribution in [0.5, 0.6) is 5.75 Å². The number of para-hydroxylation sites is 2. The average Bonchev–Trinajstić information content (AvgIpc) is 3.08. The molecule has 12 heteroatoms. The van der Waals surface area contributed by atoms with Crippen LogP contribution >= 0.6 is 11.3 Å². The van der Waals surface area contributed by atoms with Crippen LogP contribution in [0, 0.1) is 17.0 Å². The maximum atomic E-state index is 12.1. The number of benzene rings is 1. The monoisotopic (exact) mass is 446 g/mol. The number of thiophene rings is 1. The number of hydrogen-bond acceptors (Lipinski definition) is 11. The van der Waals surface area contributed by atoms with Gasteiger partial charge in [-0.15, -0.1) is 11.3 Å². The number of carbonyl (C=O) groups excluding carboxylic acids is 2. The zero-order valence-electron chi connectivity index (χ0n) is 16.6. The first kappa shape index (κ1) is 21.9. The van der Waals surface area contributed by atoms with Crippen molar-refractivity contribution < 1.29 is 28.7 Å². The highest BCUT2D eigenvalue weighted by Gasteiger charge is 2.21. The van der Waals surface area contributed by atoms with E-state index in [2.05, 4.69) is 9.97 Å². The molecule has 3 rings (SSSR count). The summed E-state index contributed by atoms with van der Waals surface area (Å²) in [6.07, 6.45) is 0. The molecule has 0 aliphatic carbocycles. The highest BCUT2D eigenvalue weighted by molar-refractivity contribution is 7.20. The summed E-state index contributed by atoms with van der Waals surface area (Å²) in [6, 6.07) is 5.68. The molecule has 0 saturated heterocycles. The Morgan fingerprint density at radius 1 is 1.23 bits per heavy atom. The third-order valence-corrected chi connectivity index (χ3v) is 5.26. The minimum atomic E-state index is -0.769. The molecule has 0 unspecified atom stereocenters. The molecule has 0 aliphatic rings. The predicted molar refractivity (Wildman–Crippen MR) is 111 cm³/mol. The largest absolute Gasteiger partial charge is 0.475 e. The van der Waals surface area contributed by atoms with Crippen molar-refractivity contribution in [1.29, 1.82) is 0 Å². The molecule has 11 nitrogen and oxygen atoms in total. The molecule has 1 aromatic carbocycles. The number of esters is 2. The number of aryl methyl sites for hydroxylation is 1. The average molecular weight is 446 g/mol. The maximum Gasteiger partial charge on any atom is 0.348 e. The van der Waals surface area contributed by atoms with E-state index in [-0.39, 0.29) is 36.3 Å². The normalized spacial score (nSPS) is 10.6. The van der Waals surface area contributed by atoms with E-state index in [9.17, 15) is 19.7 Å². The van der Waals surface area contributed by atoms with E-state index < -0.39 is 23.5 Å². The molecule has 2 heterocycles. The van der Waals surface area contributed by atoms with Crippen LogP contribution in [0.25, 0.3) is 10.2 Å². The van der Waals surface area contributed by atoms with Crippen molar-refractivity contribution in [2.75, 3.05) is 18.9 Å². The first-order valence-corrected chi connectivity index (χ1v) is 9.87. The first-order chi connectivity index (χ1) is 14.8. The van der Waals surface area contributed by atoms with Crippen molar-refractivity contribution in [3.63, 3.8) is 0 Å². The molecule has 2 N–H and O–H groups in total. The van der Waals surface area contributed by atoms with Crippen molar-refractivity contribution in [1.82, 2.24) is 9.97 Å². The molecule has 0 fully saturated rings. The van der Waals surface area contributed by atoms with E-state index in [0.717, 1.165) is 11.3 Å². The minimum absolute atomic E-state index is 0.0491. The molecular formula is C19H18N4O7S. The number of nitro groups is 1. The first-order valence-electron chi connectivity index (χ1n) is 9.06. The van der Waals surface area contributed by atoms with Crippen LogP contribution < -0.4 is 10.5 Å². The number of anilines is 1. The zero-order valence-corrected chi connectivity index (χ0v) is 17.4. The van der Waals surface area contributed by atoms with Gasteiger partial charge in [0, 0.05) is 6.07 Å². The van der Waals surface area contributed by atoms with Crippen molar-refractivity contribution >= 4 is 45.0 Å². The summed E-state index contributed by atoms with van der Waals surface area (Å²) in [5.41, 5.74) is 6.37. The standard InChI is InChI=1S/C19H18N4O7S/c1-3-28-19(25)16-10(2)15-17(20)21-13(22-18(15)31-16)8-30-14(24)9-29-12-7-5-4-6-11(12)23(26)27/h4-7H,3,8-9H2,1-2H3,(H2,20,21,22). The molecule has 0 radical (unpaired) electrons. The summed E-state index contributed by atoms with van der Waals surface area (Å²) >= 11 is 1.11. The molecular weight excluding hydrogens is 428 g/mol. The second-order valence-electron chi connectivity index (χ2n) is 6.16. The fourth-order valence-electron chi connectivity index (χ4n) is 2.73. The third-order valence-electron chi connectivity index (χ3n) is 4.10. The van der Waals surface area contributed by atoms with Gasteiger partial charge in [-0.3, -0.25) is 10.1 Å². The van der Waals surface area contributed by atoms with Gasteiger partial charge in [-0.2, -0.15) is 0 Å². The topological polar surface area (TPSA) is 157 Å². The van der Waals surface area contributed by atoms with Crippen LogP contribution in [-0.4, -0.2) is 40.0 Å². The lowest BCUT2D eigenvalue weighted by Gasteiger charge is -2.07. The number of carbonyl (C=O) groups is 2. The number of nitro benzene ring substituents is 1. The molecule has 0 aliphatic heterocycles. The number of nitrogens with zero attached hydrogens (tertiary/aromatic N) is 3. The lowest BCUT2D eigenvalue weighted by Crippen LogP contribution is -2.16. The second-order valence-corrected chi connectivity index (χ2v) is 7.16. The van der Waals surface area contributed by atoms with Crippen LogP contribution in [0.3, 0.4) is 0 Å². The van der Waals surface area contributed by atoms with Gasteiger partial charge < -0.3 is 19.9 Å². The fraction of sp³-hybridized carbons (Fsp3) is 0.263. The molecule has 31 heavy (non-hydrogen) atoms. The van der Waals surface area contributed by atoms with Gasteiger partial charge in [0.15, 0.2) is 24.8 Å². The summed E-state index contributed by atoms with van der Waals surface area (Å²) in [5.74, 6) is -0.998. The summed E-state index contributed by atoms with van der Waals surface area (Å²) < 4.78 is 15.3. The van der Waals surface area contributed by atoms with Crippen LogP contribution in [0.2, 0.25) is 0 Å². The van der Waals surface area contributed by atoms with Gasteiger partial charge in [0.05, 0.1) is 16.9 Å². The lowest BCUT2D eigenvalue weighted by atomic mass is 10.2. The highest BCUT2D eigenvalue weighted by Crippen LogP contribution is 2.33. The number of nitrogen functional groups attached to an aromatic ring is 1. The van der Waals surface area contributed by atoms with E-state index in [1.54, 1.807) is 19.9 Å². The summed E-state index contributed by atoms with van der Waals surface area (Å²) in [7, 11) is 0. The minimum Gasteiger partial charge on any atom is -0.475 e. The Balaban J connectivity index is 1.68. The number of rotatable bonds is 8. The molecule has 0 saturated carbocycles. The summed E-state index contributed by atoms with van der Waals surface area (Å²) in [5, 5.41) is 11.5. The van der Waals surface area contributed by atoms with Gasteiger partial charge in [0.1, 0.15) is 15.5 Å². The van der Waals surface area contributed by atoms with Crippen LogP contribution in [0.15, 0.2) is 24.3 Å². The molecule has 2 aromatic heterocycles. The third kappa shape index (κ3) is 4.86. The Morgan fingerprint density at radius 3 is 2.68 bits per heavy atom.